The molecule has 1 amide bonds. The van der Waals surface area contributed by atoms with Gasteiger partial charge in [0, 0.05) is 12.8 Å². The van der Waals surface area contributed by atoms with E-state index in [-0.39, 0.29) is 31.3 Å². The van der Waals surface area contributed by atoms with E-state index in [9.17, 15) is 19.0 Å². The molecule has 456 valence electrons. The Bertz CT molecular complexity index is 1830. The molecule has 10 heteroatoms. The van der Waals surface area contributed by atoms with Crippen molar-refractivity contribution >= 4 is 19.7 Å². The number of amides is 1. The van der Waals surface area contributed by atoms with Crippen LogP contribution in [0.1, 0.15) is 245 Å². The number of carbonyl (C=O) groups excluding carboxylic acids is 2. The number of likely N-dealkylation sites (N-methyl/N-ethyl adjacent to an activating group) is 1. The van der Waals surface area contributed by atoms with Crippen LogP contribution in [-0.2, 0) is 27.9 Å². The van der Waals surface area contributed by atoms with Gasteiger partial charge >= 0.3 is 5.97 Å². The van der Waals surface area contributed by atoms with Crippen LogP contribution in [-0.4, -0.2) is 69.4 Å². The highest BCUT2D eigenvalue weighted by molar-refractivity contribution is 7.45. The monoisotopic (exact) mass is 1130 g/mol. The predicted molar refractivity (Wildman–Crippen MR) is 343 cm³/mol. The van der Waals surface area contributed by atoms with E-state index in [1.165, 1.54) is 96.3 Å². The number of phosphoric ester groups is 1. The van der Waals surface area contributed by atoms with Crippen molar-refractivity contribution in [1.82, 2.24) is 5.32 Å². The van der Waals surface area contributed by atoms with Gasteiger partial charge in [0.2, 0.25) is 5.91 Å². The van der Waals surface area contributed by atoms with Crippen LogP contribution < -0.4 is 10.2 Å². The van der Waals surface area contributed by atoms with Gasteiger partial charge in [-0.1, -0.05) is 251 Å². The number of ether oxygens (including phenoxy) is 1. The maximum atomic E-state index is 13.5. The minimum absolute atomic E-state index is 0.0451. The van der Waals surface area contributed by atoms with Crippen LogP contribution in [0, 0.1) is 0 Å². The Morgan fingerprint density at radius 2 is 0.812 bits per heavy atom. The third-order valence-corrected chi connectivity index (χ3v) is 14.3. The first-order chi connectivity index (χ1) is 38.9. The second kappa shape index (κ2) is 58.4. The maximum Gasteiger partial charge on any atom is 0.306 e. The summed E-state index contributed by atoms with van der Waals surface area (Å²) >= 11 is 0. The first-order valence-corrected chi connectivity index (χ1v) is 33.5. The first kappa shape index (κ1) is 76.1. The number of unbranched alkanes of at least 4 members (excludes halogenated alkanes) is 20. The van der Waals surface area contributed by atoms with Crippen LogP contribution in [0.2, 0.25) is 0 Å². The number of phosphoric acid groups is 1. The van der Waals surface area contributed by atoms with Crippen molar-refractivity contribution in [2.75, 3.05) is 40.9 Å². The van der Waals surface area contributed by atoms with Crippen LogP contribution in [0.4, 0.5) is 0 Å². The number of quaternary nitrogens is 1. The highest BCUT2D eigenvalue weighted by Crippen LogP contribution is 2.38. The van der Waals surface area contributed by atoms with Crippen molar-refractivity contribution in [3.63, 3.8) is 0 Å². The van der Waals surface area contributed by atoms with E-state index in [1.54, 1.807) is 6.08 Å². The number of esters is 1. The zero-order chi connectivity index (χ0) is 58.6. The minimum Gasteiger partial charge on any atom is -0.756 e. The first-order valence-electron chi connectivity index (χ1n) is 32.0. The Hall–Kier alpha value is -3.85. The van der Waals surface area contributed by atoms with Gasteiger partial charge in [0.05, 0.1) is 33.8 Å². The van der Waals surface area contributed by atoms with Gasteiger partial charge in [-0.3, -0.25) is 14.2 Å². The molecule has 0 radical (unpaired) electrons. The third-order valence-electron chi connectivity index (χ3n) is 13.3. The van der Waals surface area contributed by atoms with E-state index in [1.807, 2.05) is 39.4 Å². The molecule has 0 rings (SSSR count). The van der Waals surface area contributed by atoms with E-state index in [4.69, 9.17) is 13.8 Å². The molecular weight excluding hydrogens is 1010 g/mol. The number of nitrogens with one attached hydrogen (secondary N) is 1. The van der Waals surface area contributed by atoms with Gasteiger partial charge in [0.25, 0.3) is 7.82 Å². The average molecular weight is 1130 g/mol. The summed E-state index contributed by atoms with van der Waals surface area (Å²) in [5.41, 5.74) is 0. The third kappa shape index (κ3) is 58.8. The molecular formula is C70H119N2O7P. The van der Waals surface area contributed by atoms with Crippen molar-refractivity contribution in [2.24, 2.45) is 0 Å². The van der Waals surface area contributed by atoms with Gasteiger partial charge in [-0.25, -0.2) is 0 Å². The fourth-order valence-corrected chi connectivity index (χ4v) is 9.13. The largest absolute Gasteiger partial charge is 0.756 e. The normalized spacial score (nSPS) is 14.5. The number of carbonyl (C=O) groups is 2. The number of nitrogens with zero attached hydrogens (tertiary/aromatic N) is 1. The molecule has 0 spiro atoms. The van der Waals surface area contributed by atoms with Crippen molar-refractivity contribution in [1.29, 1.82) is 0 Å². The number of allylic oxidation sites excluding steroid dienone is 21. The summed E-state index contributed by atoms with van der Waals surface area (Å²) in [6.07, 6.45) is 82.9. The van der Waals surface area contributed by atoms with Gasteiger partial charge in [-0.05, 0) is 115 Å². The molecule has 0 aliphatic heterocycles. The van der Waals surface area contributed by atoms with Gasteiger partial charge in [-0.2, -0.15) is 0 Å². The lowest BCUT2D eigenvalue weighted by Crippen LogP contribution is -2.47. The fraction of sp³-hybridized carbons (Fsp3) is 0.657. The zero-order valence-corrected chi connectivity index (χ0v) is 52.9. The number of hydrogen-bond donors (Lipinski definition) is 1. The second-order valence-electron chi connectivity index (χ2n) is 22.2. The molecule has 0 aromatic carbocycles. The summed E-state index contributed by atoms with van der Waals surface area (Å²) in [4.78, 5) is 40.0. The lowest BCUT2D eigenvalue weighted by Gasteiger charge is -2.30. The van der Waals surface area contributed by atoms with Gasteiger partial charge in [0.1, 0.15) is 19.3 Å². The fourth-order valence-electron chi connectivity index (χ4n) is 8.41. The van der Waals surface area contributed by atoms with Gasteiger partial charge in [0.15, 0.2) is 0 Å². The summed E-state index contributed by atoms with van der Waals surface area (Å²) in [6.45, 7) is 6.62. The smallest absolute Gasteiger partial charge is 0.306 e. The Morgan fingerprint density at radius 3 is 1.25 bits per heavy atom. The van der Waals surface area contributed by atoms with E-state index >= 15 is 0 Å². The Balaban J connectivity index is 5.35. The molecule has 1 N–H and O–H groups in total. The van der Waals surface area contributed by atoms with E-state index in [2.05, 4.69) is 135 Å². The van der Waals surface area contributed by atoms with Crippen molar-refractivity contribution in [3.8, 4) is 0 Å². The van der Waals surface area contributed by atoms with Gasteiger partial charge < -0.3 is 28.5 Å². The summed E-state index contributed by atoms with van der Waals surface area (Å²) < 4.78 is 30.3. The standard InChI is InChI=1S/C70H119N2O7P/c1-7-10-13-16-19-22-25-28-30-32-34-35-36-37-39-41-43-45-48-51-54-57-60-63-70(74)79-68(61-58-55-52-49-46-27-24-21-18-15-12-9-3)67(66-78-80(75,76)77-65-64-72(4,5)6)71-69(73)62-59-56-53-50-47-44-42-40-38-33-31-29-26-23-20-17-14-11-8-2/h11,14,19-20,22-23,28-31,34-35,37-40,44,47,53,56,58,61,67-68H,7-10,12-13,15-18,21,24-27,32-33,36,41-43,45-46,48-52,54-55,57,59-60,62-66H2,1-6H3,(H-,71,73,75,76)/b14-11-,22-19-,23-20-,30-28-,31-29-,35-34-,39-37-,40-38-,47-44-,56-53-,61-58+. The molecule has 0 saturated carbocycles. The molecule has 0 aromatic heterocycles. The van der Waals surface area contributed by atoms with Crippen molar-refractivity contribution < 1.29 is 37.3 Å². The van der Waals surface area contributed by atoms with E-state index in [0.717, 1.165) is 103 Å². The Morgan fingerprint density at radius 1 is 0.450 bits per heavy atom. The molecule has 9 nitrogen and oxygen atoms in total. The lowest BCUT2D eigenvalue weighted by molar-refractivity contribution is -0.870. The van der Waals surface area contributed by atoms with Crippen LogP contribution in [0.25, 0.3) is 0 Å². The molecule has 3 atom stereocenters. The molecule has 0 aliphatic carbocycles. The van der Waals surface area contributed by atoms with Crippen LogP contribution in [0.5, 0.6) is 0 Å². The van der Waals surface area contributed by atoms with Crippen molar-refractivity contribution in [3.05, 3.63) is 134 Å². The molecule has 0 aromatic rings. The van der Waals surface area contributed by atoms with E-state index < -0.39 is 26.6 Å². The molecule has 80 heavy (non-hydrogen) atoms. The Kier molecular flexibility index (Phi) is 55.5. The SMILES string of the molecule is CC/C=C\C/C=C\C/C=C\C/C=C\C/C=C\C/C=C\CCC(=O)NC(COP(=O)([O-])OCC[N+](C)(C)C)C(/C=C/CCCCCCCCCCCC)OC(=O)CCCCCCCCC/C=C\C/C=C\C/C=C\C/C=C\CCCCC. The number of rotatable bonds is 56. The molecule has 0 saturated heterocycles. The van der Waals surface area contributed by atoms with Crippen LogP contribution >= 0.6 is 7.82 Å². The summed E-state index contributed by atoms with van der Waals surface area (Å²) in [6, 6.07) is -0.943. The van der Waals surface area contributed by atoms with Crippen molar-refractivity contribution in [2.45, 2.75) is 258 Å². The topological polar surface area (TPSA) is 114 Å². The molecule has 0 heterocycles. The van der Waals surface area contributed by atoms with Gasteiger partial charge in [-0.15, -0.1) is 0 Å². The summed E-state index contributed by atoms with van der Waals surface area (Å²) in [5.74, 6) is -0.660. The summed E-state index contributed by atoms with van der Waals surface area (Å²) in [5, 5.41) is 2.97. The second-order valence-corrected chi connectivity index (χ2v) is 23.6. The zero-order valence-electron chi connectivity index (χ0n) is 52.0. The summed E-state index contributed by atoms with van der Waals surface area (Å²) in [7, 11) is 1.11. The predicted octanol–water partition coefficient (Wildman–Crippen LogP) is 19.4. The molecule has 0 bridgehead atoms. The molecule has 3 unspecified atom stereocenters. The highest BCUT2D eigenvalue weighted by atomic mass is 31.2. The lowest BCUT2D eigenvalue weighted by atomic mass is 10.1. The van der Waals surface area contributed by atoms with Crippen LogP contribution in [0.3, 0.4) is 0 Å². The highest BCUT2D eigenvalue weighted by Gasteiger charge is 2.27. The Labute approximate surface area is 492 Å². The molecule has 0 fully saturated rings. The maximum absolute atomic E-state index is 13.5. The van der Waals surface area contributed by atoms with E-state index in [0.29, 0.717) is 23.9 Å². The molecule has 0 aliphatic rings. The number of hydrogen-bond acceptors (Lipinski definition) is 7. The van der Waals surface area contributed by atoms with Crippen LogP contribution in [0.15, 0.2) is 134 Å². The minimum atomic E-state index is -4.73. The quantitative estimate of drug-likeness (QED) is 0.0212. The average Bonchev–Trinajstić information content (AvgIpc) is 3.42.